The molecule has 2 N–H and O–H groups in total. The molecule has 1 aromatic heterocycles. The molecule has 1 saturated heterocycles. The van der Waals surface area contributed by atoms with Gasteiger partial charge in [-0.05, 0) is 60.3 Å². The second kappa shape index (κ2) is 7.64. The number of rotatable bonds is 4. The maximum absolute atomic E-state index is 12.2. The van der Waals surface area contributed by atoms with Crippen molar-refractivity contribution in [2.24, 2.45) is 4.99 Å². The van der Waals surface area contributed by atoms with Gasteiger partial charge in [0.15, 0.2) is 5.17 Å². The highest BCUT2D eigenvalue weighted by Crippen LogP contribution is 2.30. The highest BCUT2D eigenvalue weighted by atomic mass is 32.2. The van der Waals surface area contributed by atoms with Crippen LogP contribution in [0.4, 0.5) is 11.4 Å². The van der Waals surface area contributed by atoms with Crippen molar-refractivity contribution in [3.8, 4) is 17.1 Å². The zero-order valence-electron chi connectivity index (χ0n) is 14.7. The van der Waals surface area contributed by atoms with Crippen molar-refractivity contribution in [3.63, 3.8) is 0 Å². The summed E-state index contributed by atoms with van der Waals surface area (Å²) < 4.78 is 5.74. The number of aliphatic imine (C=N–C) groups is 1. The summed E-state index contributed by atoms with van der Waals surface area (Å²) in [4.78, 5) is 27.2. The number of nitro groups is 1. The lowest BCUT2D eigenvalue weighted by Gasteiger charge is -1.97. The Labute approximate surface area is 168 Å². The third-order valence-corrected chi connectivity index (χ3v) is 4.90. The van der Waals surface area contributed by atoms with Crippen molar-refractivity contribution in [1.82, 2.24) is 5.32 Å². The van der Waals surface area contributed by atoms with Crippen LogP contribution in [-0.4, -0.2) is 21.1 Å². The summed E-state index contributed by atoms with van der Waals surface area (Å²) in [7, 11) is 0. The predicted molar refractivity (Wildman–Crippen MR) is 110 cm³/mol. The van der Waals surface area contributed by atoms with Crippen LogP contribution in [0.5, 0.6) is 5.75 Å². The fourth-order valence-electron chi connectivity index (χ4n) is 2.59. The number of thioether (sulfide) groups is 1. The molecule has 1 aliphatic heterocycles. The number of nitrogens with zero attached hydrogens (tertiary/aromatic N) is 2. The number of hydrogen-bond donors (Lipinski definition) is 2. The number of aromatic hydroxyl groups is 1. The van der Waals surface area contributed by atoms with E-state index in [4.69, 9.17) is 4.42 Å². The maximum Gasteiger partial charge on any atom is 0.269 e. The normalized spacial score (nSPS) is 16.3. The fourth-order valence-corrected chi connectivity index (χ4v) is 3.41. The number of phenols is 1. The highest BCUT2D eigenvalue weighted by molar-refractivity contribution is 8.18. The van der Waals surface area contributed by atoms with E-state index in [1.54, 1.807) is 42.5 Å². The number of hydrogen-bond acceptors (Lipinski definition) is 7. The molecule has 0 atom stereocenters. The van der Waals surface area contributed by atoms with Crippen LogP contribution in [0.25, 0.3) is 17.4 Å². The summed E-state index contributed by atoms with van der Waals surface area (Å²) >= 11 is 1.18. The van der Waals surface area contributed by atoms with Crippen LogP contribution in [-0.2, 0) is 4.79 Å². The van der Waals surface area contributed by atoms with Gasteiger partial charge in [-0.25, -0.2) is 4.99 Å². The first-order valence-corrected chi connectivity index (χ1v) is 9.23. The average molecular weight is 407 g/mol. The SMILES string of the molecule is O=C1NC(=Nc2ccc(O)cc2)S/C1=C\c1ccc(-c2ccc([N+](=O)[O-])cc2)o1. The van der Waals surface area contributed by atoms with Crippen LogP contribution in [0.3, 0.4) is 0 Å². The van der Waals surface area contributed by atoms with Crippen LogP contribution in [0.1, 0.15) is 5.76 Å². The third kappa shape index (κ3) is 4.19. The van der Waals surface area contributed by atoms with Crippen LogP contribution in [0.15, 0.2) is 75.0 Å². The molecule has 2 aromatic carbocycles. The molecule has 2 heterocycles. The van der Waals surface area contributed by atoms with Crippen molar-refractivity contribution in [1.29, 1.82) is 0 Å². The molecule has 8 nitrogen and oxygen atoms in total. The Morgan fingerprint density at radius 1 is 1.07 bits per heavy atom. The minimum absolute atomic E-state index is 0.00196. The minimum Gasteiger partial charge on any atom is -0.508 e. The molecule has 0 unspecified atom stereocenters. The standard InChI is InChI=1S/C20H13N3O5S/c24-15-7-3-13(4-8-15)21-20-22-19(25)18(29-20)11-16-9-10-17(28-16)12-1-5-14(6-2-12)23(26)27/h1-11,24H,(H,21,22,25)/b18-11-. The van der Waals surface area contributed by atoms with Crippen molar-refractivity contribution < 1.29 is 19.2 Å². The summed E-state index contributed by atoms with van der Waals surface area (Å²) in [6, 6.07) is 15.8. The van der Waals surface area contributed by atoms with E-state index in [1.807, 2.05) is 0 Å². The number of amidine groups is 1. The summed E-state index contributed by atoms with van der Waals surface area (Å²) in [5, 5.41) is 23.2. The molecule has 1 fully saturated rings. The van der Waals surface area contributed by atoms with E-state index in [-0.39, 0.29) is 17.3 Å². The molecule has 144 valence electrons. The summed E-state index contributed by atoms with van der Waals surface area (Å²) in [6.45, 7) is 0. The van der Waals surface area contributed by atoms with E-state index in [1.165, 1.54) is 36.0 Å². The lowest BCUT2D eigenvalue weighted by atomic mass is 10.1. The molecule has 29 heavy (non-hydrogen) atoms. The van der Waals surface area contributed by atoms with Gasteiger partial charge in [-0.2, -0.15) is 0 Å². The van der Waals surface area contributed by atoms with Crippen LogP contribution in [0, 0.1) is 10.1 Å². The molecule has 4 rings (SSSR count). The van der Waals surface area contributed by atoms with E-state index >= 15 is 0 Å². The first kappa shape index (κ1) is 18.5. The zero-order chi connectivity index (χ0) is 20.4. The number of nitrogens with one attached hydrogen (secondary N) is 1. The molecular formula is C20H13N3O5S. The highest BCUT2D eigenvalue weighted by Gasteiger charge is 2.24. The number of benzene rings is 2. The van der Waals surface area contributed by atoms with Crippen LogP contribution < -0.4 is 5.32 Å². The topological polar surface area (TPSA) is 118 Å². The van der Waals surface area contributed by atoms with Gasteiger partial charge in [-0.1, -0.05) is 0 Å². The van der Waals surface area contributed by atoms with E-state index in [0.29, 0.717) is 32.8 Å². The van der Waals surface area contributed by atoms with Crippen molar-refractivity contribution >= 4 is 40.3 Å². The molecule has 0 saturated carbocycles. The van der Waals surface area contributed by atoms with Crippen molar-refractivity contribution in [2.75, 3.05) is 0 Å². The van der Waals surface area contributed by atoms with E-state index in [2.05, 4.69) is 10.3 Å². The molecule has 3 aromatic rings. The Morgan fingerprint density at radius 3 is 2.48 bits per heavy atom. The smallest absolute Gasteiger partial charge is 0.269 e. The molecule has 0 aliphatic carbocycles. The average Bonchev–Trinajstić information content (AvgIpc) is 3.31. The zero-order valence-corrected chi connectivity index (χ0v) is 15.6. The van der Waals surface area contributed by atoms with Gasteiger partial charge in [0.25, 0.3) is 11.6 Å². The Kier molecular flexibility index (Phi) is 4.88. The molecular weight excluding hydrogens is 394 g/mol. The second-order valence-electron chi connectivity index (χ2n) is 6.00. The number of phenolic OH excluding ortho intramolecular Hbond substituents is 1. The number of furan rings is 1. The number of amides is 1. The Hall–Kier alpha value is -3.85. The summed E-state index contributed by atoms with van der Waals surface area (Å²) in [5.74, 6) is 0.857. The number of nitro benzene ring substituents is 1. The summed E-state index contributed by atoms with van der Waals surface area (Å²) in [6.07, 6.45) is 1.61. The quantitative estimate of drug-likeness (QED) is 0.375. The molecule has 9 heteroatoms. The molecule has 0 radical (unpaired) electrons. The van der Waals surface area contributed by atoms with Crippen molar-refractivity contribution in [3.05, 3.63) is 81.4 Å². The Bertz CT molecular complexity index is 1150. The lowest BCUT2D eigenvalue weighted by Crippen LogP contribution is -2.19. The first-order chi connectivity index (χ1) is 14.0. The van der Waals surface area contributed by atoms with E-state index in [0.717, 1.165) is 0 Å². The van der Waals surface area contributed by atoms with Gasteiger partial charge in [0.2, 0.25) is 0 Å². The fraction of sp³-hybridized carbons (Fsp3) is 0. The molecule has 0 spiro atoms. The summed E-state index contributed by atoms with van der Waals surface area (Å²) in [5.41, 5.74) is 1.30. The van der Waals surface area contributed by atoms with Gasteiger partial charge in [-0.3, -0.25) is 14.9 Å². The van der Waals surface area contributed by atoms with Crippen molar-refractivity contribution in [2.45, 2.75) is 0 Å². The molecule has 1 amide bonds. The van der Waals surface area contributed by atoms with Gasteiger partial charge < -0.3 is 14.8 Å². The van der Waals surface area contributed by atoms with Crippen LogP contribution >= 0.6 is 11.8 Å². The maximum atomic E-state index is 12.2. The second-order valence-corrected chi connectivity index (χ2v) is 7.03. The van der Waals surface area contributed by atoms with Gasteiger partial charge in [0.1, 0.15) is 17.3 Å². The Morgan fingerprint density at radius 2 is 1.79 bits per heavy atom. The van der Waals surface area contributed by atoms with E-state index in [9.17, 15) is 20.0 Å². The van der Waals surface area contributed by atoms with E-state index < -0.39 is 4.92 Å². The monoisotopic (exact) mass is 407 g/mol. The predicted octanol–water partition coefficient (Wildman–Crippen LogP) is 4.45. The number of carbonyl (C=O) groups excluding carboxylic acids is 1. The largest absolute Gasteiger partial charge is 0.508 e. The van der Waals surface area contributed by atoms with Gasteiger partial charge >= 0.3 is 0 Å². The lowest BCUT2D eigenvalue weighted by molar-refractivity contribution is -0.384. The Balaban J connectivity index is 1.52. The van der Waals surface area contributed by atoms with Gasteiger partial charge in [-0.15, -0.1) is 0 Å². The number of non-ortho nitro benzene ring substituents is 1. The third-order valence-electron chi connectivity index (χ3n) is 3.99. The minimum atomic E-state index is -0.463. The van der Waals surface area contributed by atoms with Gasteiger partial charge in [0.05, 0.1) is 15.5 Å². The number of carbonyl (C=O) groups is 1. The first-order valence-electron chi connectivity index (χ1n) is 8.41. The molecule has 0 bridgehead atoms. The molecule has 1 aliphatic rings. The van der Waals surface area contributed by atoms with Crippen LogP contribution in [0.2, 0.25) is 0 Å². The van der Waals surface area contributed by atoms with Gasteiger partial charge in [0, 0.05) is 23.8 Å².